The highest BCUT2D eigenvalue weighted by Crippen LogP contribution is 2.45. The van der Waals surface area contributed by atoms with Gasteiger partial charge in [-0.05, 0) is 167 Å². The Morgan fingerprint density at radius 2 is 0.400 bits per heavy atom. The maximum absolute atomic E-state index is 13.1. The summed E-state index contributed by atoms with van der Waals surface area (Å²) in [7, 11) is -9.83. The molecule has 0 saturated carbocycles. The van der Waals surface area contributed by atoms with Crippen molar-refractivity contribution in [2.45, 2.75) is 411 Å². The first-order valence-corrected chi connectivity index (χ1v) is 52.4. The van der Waals surface area contributed by atoms with Gasteiger partial charge in [0.15, 0.2) is 6.10 Å². The molecule has 18 heteroatoms. The summed E-state index contributed by atoms with van der Waals surface area (Å²) >= 11 is 0. The van der Waals surface area contributed by atoms with Crippen molar-refractivity contribution < 1.29 is 75.8 Å². The van der Waals surface area contributed by atoms with Crippen molar-refractivity contribution in [1.82, 2.24) is 0 Å². The molecule has 712 valence electrons. The molecule has 0 aromatic carbocycles. The van der Waals surface area contributed by atoms with Gasteiger partial charge >= 0.3 is 33.6 Å². The number of esters is 3. The van der Waals surface area contributed by atoms with Crippen molar-refractivity contribution in [3.05, 3.63) is 207 Å². The van der Waals surface area contributed by atoms with Gasteiger partial charge in [-0.2, -0.15) is 0 Å². The van der Waals surface area contributed by atoms with Crippen molar-refractivity contribution in [3.8, 4) is 0 Å². The Bertz CT molecular complexity index is 3100. The van der Waals surface area contributed by atoms with Gasteiger partial charge < -0.3 is 34.2 Å². The van der Waals surface area contributed by atoms with Crippen molar-refractivity contribution in [3.63, 3.8) is 0 Å². The zero-order valence-electron chi connectivity index (χ0n) is 78.7. The molecule has 0 aliphatic rings. The fourth-order valence-electron chi connectivity index (χ4n) is 13.1. The fourth-order valence-corrected chi connectivity index (χ4v) is 14.7. The van der Waals surface area contributed by atoms with Crippen LogP contribution in [0, 0.1) is 0 Å². The fraction of sp³-hybridized carbons (Fsp3) is 0.654. The molecule has 5 unspecified atom stereocenters. The third kappa shape index (κ3) is 98.6. The Morgan fingerprint density at radius 1 is 0.224 bits per heavy atom. The monoisotopic (exact) mass is 1780 g/mol. The van der Waals surface area contributed by atoms with Gasteiger partial charge in [0.25, 0.3) is 0 Å². The van der Waals surface area contributed by atoms with E-state index in [0.717, 1.165) is 173 Å². The van der Waals surface area contributed by atoms with Crippen LogP contribution in [0.4, 0.5) is 0 Å². The second-order valence-corrected chi connectivity index (χ2v) is 35.3. The quantitative estimate of drug-likeness (QED) is 0.0146. The second kappa shape index (κ2) is 97.2. The Morgan fingerprint density at radius 3 is 0.640 bits per heavy atom. The molecule has 4 N–H and O–H groups in total. The molecular weight excluding hydrogens is 1600 g/mol. The van der Waals surface area contributed by atoms with Gasteiger partial charge in [-0.25, -0.2) is 9.13 Å². The Hall–Kier alpha value is -5.87. The summed E-state index contributed by atoms with van der Waals surface area (Å²) in [5.41, 5.74) is 0. The highest BCUT2D eigenvalue weighted by molar-refractivity contribution is 7.47. The number of aliphatic hydroxyl groups is 2. The Balaban J connectivity index is 4.52. The number of allylic oxidation sites excluding steroid dienone is 34. The highest BCUT2D eigenvalue weighted by Gasteiger charge is 2.30. The van der Waals surface area contributed by atoms with Crippen LogP contribution in [0.5, 0.6) is 0 Å². The highest BCUT2D eigenvalue weighted by atomic mass is 31.2. The lowest BCUT2D eigenvalue weighted by atomic mass is 10.0. The smallest absolute Gasteiger partial charge is 0.463 e. The first kappa shape index (κ1) is 119. The van der Waals surface area contributed by atoms with Gasteiger partial charge in [0.05, 0.1) is 26.4 Å². The van der Waals surface area contributed by atoms with Crippen molar-refractivity contribution in [1.29, 1.82) is 0 Å². The second-order valence-electron chi connectivity index (χ2n) is 32.4. The summed E-state index contributed by atoms with van der Waals surface area (Å²) in [5, 5.41) is 20.8. The van der Waals surface area contributed by atoms with Gasteiger partial charge in [-0.15, -0.1) is 0 Å². The molecule has 0 rings (SSSR count). The van der Waals surface area contributed by atoms with E-state index in [9.17, 15) is 43.5 Å². The van der Waals surface area contributed by atoms with E-state index in [4.69, 9.17) is 32.3 Å². The summed E-state index contributed by atoms with van der Waals surface area (Å²) in [6.07, 6.45) is 132. The van der Waals surface area contributed by atoms with Gasteiger partial charge in [0, 0.05) is 19.3 Å². The van der Waals surface area contributed by atoms with Crippen LogP contribution >= 0.6 is 15.6 Å². The topological polar surface area (TPSA) is 231 Å². The van der Waals surface area contributed by atoms with E-state index in [2.05, 4.69) is 227 Å². The van der Waals surface area contributed by atoms with E-state index < -0.39 is 91.5 Å². The molecule has 0 saturated heterocycles. The largest absolute Gasteiger partial charge is 0.472 e. The predicted molar refractivity (Wildman–Crippen MR) is 527 cm³/mol. The van der Waals surface area contributed by atoms with Gasteiger partial charge in [0.1, 0.15) is 25.4 Å². The zero-order chi connectivity index (χ0) is 90.7. The number of phosphoric acid groups is 2. The molecule has 0 amide bonds. The van der Waals surface area contributed by atoms with Gasteiger partial charge in [0.2, 0.25) is 0 Å². The normalized spacial score (nSPS) is 14.6. The van der Waals surface area contributed by atoms with Crippen LogP contribution in [0.15, 0.2) is 207 Å². The average molecular weight is 1780 g/mol. The number of hydrogen-bond donors (Lipinski definition) is 4. The molecule has 0 aliphatic carbocycles. The van der Waals surface area contributed by atoms with Crippen LogP contribution in [0.25, 0.3) is 0 Å². The summed E-state index contributed by atoms with van der Waals surface area (Å²) < 4.78 is 61.5. The van der Waals surface area contributed by atoms with Gasteiger partial charge in [-0.3, -0.25) is 32.5 Å². The van der Waals surface area contributed by atoms with E-state index in [1.807, 2.05) is 0 Å². The lowest BCUT2D eigenvalue weighted by Crippen LogP contribution is -2.30. The first-order chi connectivity index (χ1) is 61.2. The third-order valence-electron chi connectivity index (χ3n) is 20.5. The molecule has 5 atom stereocenters. The first-order valence-electron chi connectivity index (χ1n) is 49.4. The Labute approximate surface area is 762 Å². The van der Waals surface area contributed by atoms with E-state index in [1.54, 1.807) is 0 Å². The SMILES string of the molecule is CC/C=C\C/C=C\C/C=C\C/C=C\C/C=C\C/C=C\CCCCCCCCCCCCCCCCCCC(=O)OCC(O)COP(=O)(O)OCC(O)COP(=O)(O)OCC(COC(=O)CCCCCCCCCCCCCCCCCC/C=C\C/C=C\C/C=C\C/C=C\C/C=C\C/C=C\CC)OC(=O)CCCCC/C=C\C/C=C\C/C=C\C/C=C\C/C=C\CC. The summed E-state index contributed by atoms with van der Waals surface area (Å²) in [6, 6.07) is 0. The Kier molecular flexibility index (Phi) is 92.6. The predicted octanol–water partition coefficient (Wildman–Crippen LogP) is 31.1. The van der Waals surface area contributed by atoms with Crippen LogP contribution in [0.3, 0.4) is 0 Å². The molecule has 0 fully saturated rings. The minimum Gasteiger partial charge on any atom is -0.463 e. The molecule has 0 bridgehead atoms. The minimum atomic E-state index is -4.96. The molecular formula is C107H178O16P2. The lowest BCUT2D eigenvalue weighted by molar-refractivity contribution is -0.161. The van der Waals surface area contributed by atoms with E-state index in [1.165, 1.54) is 161 Å². The number of rotatable bonds is 92. The molecule has 0 aliphatic heterocycles. The summed E-state index contributed by atoms with van der Waals surface area (Å²) in [6.45, 7) is 2.34. The average Bonchev–Trinajstić information content (AvgIpc) is 0.893. The van der Waals surface area contributed by atoms with Crippen molar-refractivity contribution in [2.24, 2.45) is 0 Å². The van der Waals surface area contributed by atoms with Crippen molar-refractivity contribution in [2.75, 3.05) is 39.6 Å². The molecule has 0 aromatic heterocycles. The summed E-state index contributed by atoms with van der Waals surface area (Å²) in [4.78, 5) is 59.1. The van der Waals surface area contributed by atoms with E-state index in [0.29, 0.717) is 19.3 Å². The molecule has 16 nitrogen and oxygen atoms in total. The molecule has 0 radical (unpaired) electrons. The third-order valence-corrected chi connectivity index (χ3v) is 22.4. The molecule has 0 spiro atoms. The number of phosphoric ester groups is 2. The number of ether oxygens (including phenoxy) is 3. The van der Waals surface area contributed by atoms with Crippen LogP contribution in [0.1, 0.15) is 393 Å². The maximum atomic E-state index is 13.1. The lowest BCUT2D eigenvalue weighted by Gasteiger charge is -2.21. The number of hydrogen-bond acceptors (Lipinski definition) is 14. The number of unbranched alkanes of at least 4 members (excludes halogenated alkanes) is 35. The molecule has 0 aromatic rings. The molecule has 0 heterocycles. The number of aliphatic hydroxyl groups excluding tert-OH is 2. The minimum absolute atomic E-state index is 0.0609. The maximum Gasteiger partial charge on any atom is 0.472 e. The zero-order valence-corrected chi connectivity index (χ0v) is 80.5. The van der Waals surface area contributed by atoms with Crippen LogP contribution in [0.2, 0.25) is 0 Å². The number of carbonyl (C=O) groups is 3. The van der Waals surface area contributed by atoms with Crippen LogP contribution in [-0.4, -0.2) is 95.9 Å². The van der Waals surface area contributed by atoms with Crippen LogP contribution < -0.4 is 0 Å². The van der Waals surface area contributed by atoms with E-state index in [-0.39, 0.29) is 19.3 Å². The van der Waals surface area contributed by atoms with E-state index >= 15 is 0 Å². The number of carbonyl (C=O) groups excluding carboxylic acids is 3. The standard InChI is InChI=1S/C107H178O16P2/c1-4-7-10-13-16-19-22-25-28-31-34-36-38-40-42-44-46-48-50-52-54-56-58-60-62-64-67-69-72-75-78-81-84-87-90-93-105(110)117-96-102(108)97-119-124(113,114)120-98-103(109)99-121-125(115,116)122-101-104(123-107(112)95-92-89-86-83-80-77-74-71-66-33-30-27-24-21-18-15-12-9-6-3)100-118-106(111)94-91-88-85-82-79-76-73-70-68-65-63-61-59-57-55-53-51-49-47-45-43-41-39-37-35-32-29-26-23-20-17-14-11-8-5-2/h7-12,16-21,25-30,34-37,40-43,46-49,66,71,77,80,102-104,108-109H,4-6,13-15,22-24,31-33,38-39,44-45,50-65,67-70,72-76,78-79,81-101H2,1-3H3,(H,113,114)(H,115,116)/b10-7-,11-8-,12-9-,19-16-,20-17-,21-18-,28-25-,29-26-,30-27-,36-34-,37-35-,42-40-,43-41-,48-46-,49-47-,71-66-,80-77-. The van der Waals surface area contributed by atoms with Gasteiger partial charge in [-0.1, -0.05) is 414 Å². The molecule has 125 heavy (non-hydrogen) atoms. The van der Waals surface area contributed by atoms with Crippen molar-refractivity contribution >= 4 is 33.6 Å². The van der Waals surface area contributed by atoms with Crippen LogP contribution in [-0.2, 0) is 55.8 Å². The summed E-state index contributed by atoms with van der Waals surface area (Å²) in [5.74, 6) is -1.61.